The van der Waals surface area contributed by atoms with Gasteiger partial charge in [-0.15, -0.1) is 24.0 Å². The quantitative estimate of drug-likeness (QED) is 0.363. The summed E-state index contributed by atoms with van der Waals surface area (Å²) in [6, 6.07) is 10.6. The molecule has 1 amide bonds. The molecule has 0 radical (unpaired) electrons. The Labute approximate surface area is 174 Å². The molecule has 6 heteroatoms. The summed E-state index contributed by atoms with van der Waals surface area (Å²) in [5.74, 6) is 1.61. The van der Waals surface area contributed by atoms with Crippen molar-refractivity contribution < 1.29 is 4.79 Å². The summed E-state index contributed by atoms with van der Waals surface area (Å²) >= 11 is 0. The van der Waals surface area contributed by atoms with Gasteiger partial charge in [0, 0.05) is 32.6 Å². The van der Waals surface area contributed by atoms with E-state index in [0.717, 1.165) is 51.4 Å². The Morgan fingerprint density at radius 3 is 2.77 bits per heavy atom. The van der Waals surface area contributed by atoms with Gasteiger partial charge in [0.1, 0.15) is 0 Å². The Morgan fingerprint density at radius 1 is 1.38 bits per heavy atom. The zero-order chi connectivity index (χ0) is 18.1. The molecule has 3 N–H and O–H groups in total. The number of nitrogens with zero attached hydrogens (tertiary/aromatic N) is 2. The molecule has 26 heavy (non-hydrogen) atoms. The number of carbonyl (C=O) groups excluding carboxylic acids is 1. The molecule has 1 aliphatic heterocycles. The molecule has 5 nitrogen and oxygen atoms in total. The number of aliphatic imine (C=N–C) groups is 1. The largest absolute Gasteiger partial charge is 0.370 e. The molecule has 1 heterocycles. The van der Waals surface area contributed by atoms with Crippen LogP contribution in [-0.2, 0) is 4.79 Å². The molecule has 0 bridgehead atoms. The van der Waals surface area contributed by atoms with Crippen molar-refractivity contribution in [2.75, 3.05) is 26.2 Å². The Hall–Kier alpha value is -1.31. The molecular formula is C20H33IN4O. The molecule has 2 atom stereocenters. The van der Waals surface area contributed by atoms with Gasteiger partial charge in [0.05, 0.1) is 0 Å². The number of likely N-dealkylation sites (tertiary alicyclic amines) is 1. The highest BCUT2D eigenvalue weighted by Crippen LogP contribution is 2.20. The number of nitrogens with two attached hydrogens (primary N) is 1. The summed E-state index contributed by atoms with van der Waals surface area (Å²) in [6.45, 7) is 7.85. The van der Waals surface area contributed by atoms with Gasteiger partial charge in [0.2, 0.25) is 5.91 Å². The Bertz CT molecular complexity index is 564. The van der Waals surface area contributed by atoms with Gasteiger partial charge in [-0.25, -0.2) is 0 Å². The lowest BCUT2D eigenvalue weighted by Gasteiger charge is -2.34. The van der Waals surface area contributed by atoms with Crippen molar-refractivity contribution in [1.29, 1.82) is 0 Å². The number of piperidine rings is 1. The molecule has 1 aromatic rings. The summed E-state index contributed by atoms with van der Waals surface area (Å²) in [5, 5.41) is 3.40. The van der Waals surface area contributed by atoms with Crippen LogP contribution in [-0.4, -0.2) is 42.9 Å². The van der Waals surface area contributed by atoms with E-state index >= 15 is 0 Å². The zero-order valence-electron chi connectivity index (χ0n) is 16.0. The van der Waals surface area contributed by atoms with E-state index in [1.54, 1.807) is 0 Å². The first-order valence-corrected chi connectivity index (χ1v) is 9.46. The summed E-state index contributed by atoms with van der Waals surface area (Å²) in [5.41, 5.74) is 6.73. The molecule has 1 saturated heterocycles. The van der Waals surface area contributed by atoms with Crippen LogP contribution >= 0.6 is 24.0 Å². The highest BCUT2D eigenvalue weighted by Gasteiger charge is 2.23. The molecule has 0 saturated carbocycles. The first-order chi connectivity index (χ1) is 12.1. The van der Waals surface area contributed by atoms with Gasteiger partial charge in [0.15, 0.2) is 5.96 Å². The van der Waals surface area contributed by atoms with E-state index in [1.807, 2.05) is 0 Å². The predicted molar refractivity (Wildman–Crippen MR) is 119 cm³/mol. The highest BCUT2D eigenvalue weighted by atomic mass is 127. The van der Waals surface area contributed by atoms with Gasteiger partial charge in [-0.05, 0) is 43.6 Å². The van der Waals surface area contributed by atoms with E-state index < -0.39 is 0 Å². The van der Waals surface area contributed by atoms with Crippen LogP contribution in [0.2, 0.25) is 0 Å². The van der Waals surface area contributed by atoms with Crippen molar-refractivity contribution in [3.8, 4) is 0 Å². The lowest BCUT2D eigenvalue weighted by molar-refractivity contribution is -0.119. The number of carbonyl (C=O) groups is 1. The molecule has 0 aliphatic carbocycles. The van der Waals surface area contributed by atoms with Crippen LogP contribution in [0.25, 0.3) is 0 Å². The fourth-order valence-electron chi connectivity index (χ4n) is 3.45. The second-order valence-corrected chi connectivity index (χ2v) is 6.96. The monoisotopic (exact) mass is 472 g/mol. The highest BCUT2D eigenvalue weighted by molar-refractivity contribution is 14.0. The van der Waals surface area contributed by atoms with Crippen LogP contribution in [0.3, 0.4) is 0 Å². The first-order valence-electron chi connectivity index (χ1n) is 9.46. The molecule has 1 aromatic carbocycles. The zero-order valence-corrected chi connectivity index (χ0v) is 18.3. The summed E-state index contributed by atoms with van der Waals surface area (Å²) in [4.78, 5) is 18.3. The van der Waals surface area contributed by atoms with Crippen LogP contribution in [0.5, 0.6) is 0 Å². The number of amides is 1. The summed E-state index contributed by atoms with van der Waals surface area (Å²) < 4.78 is 0. The van der Waals surface area contributed by atoms with Crippen LogP contribution in [0.1, 0.15) is 51.0 Å². The summed E-state index contributed by atoms with van der Waals surface area (Å²) in [7, 11) is 0. The third-order valence-corrected chi connectivity index (χ3v) is 4.84. The first kappa shape index (κ1) is 22.7. The molecule has 0 spiro atoms. The standard InChI is InChI=1S/C20H32N4O.HI/c1-3-22-20(24-13-7-8-17(15-24)14-19(21)25)23-12-11-16(2)18-9-5-4-6-10-18;/h4-6,9-10,16-17H,3,7-8,11-15H2,1-2H3,(H2,21,25)(H,22,23);1H. The minimum atomic E-state index is -0.203. The van der Waals surface area contributed by atoms with Crippen LogP contribution < -0.4 is 11.1 Å². The third-order valence-electron chi connectivity index (χ3n) is 4.84. The second kappa shape index (κ2) is 12.1. The number of nitrogens with one attached hydrogen (secondary N) is 1. The Kier molecular flexibility index (Phi) is 10.6. The Morgan fingerprint density at radius 2 is 2.12 bits per heavy atom. The maximum absolute atomic E-state index is 11.2. The smallest absolute Gasteiger partial charge is 0.217 e. The predicted octanol–water partition coefficient (Wildman–Crippen LogP) is 3.35. The maximum atomic E-state index is 11.2. The number of hydrogen-bond donors (Lipinski definition) is 2. The molecule has 0 aromatic heterocycles. The van der Waals surface area contributed by atoms with E-state index in [0.29, 0.717) is 18.3 Å². The maximum Gasteiger partial charge on any atom is 0.217 e. The average molecular weight is 472 g/mol. The lowest BCUT2D eigenvalue weighted by Crippen LogP contribution is -2.47. The van der Waals surface area contributed by atoms with Gasteiger partial charge in [0.25, 0.3) is 0 Å². The van der Waals surface area contributed by atoms with Crippen LogP contribution in [0, 0.1) is 5.92 Å². The molecule has 1 aliphatic rings. The van der Waals surface area contributed by atoms with E-state index in [9.17, 15) is 4.79 Å². The third kappa shape index (κ3) is 7.51. The molecule has 146 valence electrons. The van der Waals surface area contributed by atoms with Gasteiger partial charge >= 0.3 is 0 Å². The van der Waals surface area contributed by atoms with Gasteiger partial charge in [-0.3, -0.25) is 9.79 Å². The van der Waals surface area contributed by atoms with Crippen LogP contribution in [0.15, 0.2) is 35.3 Å². The fraction of sp³-hybridized carbons (Fsp3) is 0.600. The van der Waals surface area contributed by atoms with E-state index in [1.165, 1.54) is 5.56 Å². The van der Waals surface area contributed by atoms with Crippen molar-refractivity contribution in [2.45, 2.75) is 45.4 Å². The second-order valence-electron chi connectivity index (χ2n) is 6.96. The van der Waals surface area contributed by atoms with Gasteiger partial charge in [-0.1, -0.05) is 37.3 Å². The molecule has 2 rings (SSSR count). The van der Waals surface area contributed by atoms with E-state index in [-0.39, 0.29) is 29.9 Å². The molecule has 1 fully saturated rings. The number of halogens is 1. The van der Waals surface area contributed by atoms with Crippen molar-refractivity contribution >= 4 is 35.8 Å². The number of rotatable bonds is 7. The summed E-state index contributed by atoms with van der Waals surface area (Å²) in [6.07, 6.45) is 3.66. The molecule has 2 unspecified atom stereocenters. The fourth-order valence-corrected chi connectivity index (χ4v) is 3.45. The number of hydrogen-bond acceptors (Lipinski definition) is 2. The van der Waals surface area contributed by atoms with Gasteiger partial charge in [-0.2, -0.15) is 0 Å². The minimum Gasteiger partial charge on any atom is -0.370 e. The Balaban J connectivity index is 0.00000338. The lowest BCUT2D eigenvalue weighted by atomic mass is 9.95. The van der Waals surface area contributed by atoms with Crippen molar-refractivity contribution in [3.05, 3.63) is 35.9 Å². The van der Waals surface area contributed by atoms with E-state index in [2.05, 4.69) is 54.4 Å². The number of guanidine groups is 1. The van der Waals surface area contributed by atoms with Crippen molar-refractivity contribution in [1.82, 2.24) is 10.2 Å². The number of primary amides is 1. The van der Waals surface area contributed by atoms with E-state index in [4.69, 9.17) is 10.7 Å². The SMILES string of the molecule is CCNC(=NCCC(C)c1ccccc1)N1CCCC(CC(N)=O)C1.I. The minimum absolute atomic E-state index is 0. The van der Waals surface area contributed by atoms with Crippen molar-refractivity contribution in [2.24, 2.45) is 16.6 Å². The topological polar surface area (TPSA) is 70.7 Å². The normalized spacial score (nSPS) is 18.8. The van der Waals surface area contributed by atoms with Gasteiger partial charge < -0.3 is 16.0 Å². The molecular weight excluding hydrogens is 439 g/mol. The number of benzene rings is 1. The average Bonchev–Trinajstić information content (AvgIpc) is 2.61. The van der Waals surface area contributed by atoms with Crippen LogP contribution in [0.4, 0.5) is 0 Å². The van der Waals surface area contributed by atoms with Crippen molar-refractivity contribution in [3.63, 3.8) is 0 Å².